The number of hydrogen-bond acceptors (Lipinski definition) is 3. The van der Waals surface area contributed by atoms with E-state index in [0.29, 0.717) is 0 Å². The topological polar surface area (TPSA) is 37.1 Å². The van der Waals surface area contributed by atoms with E-state index < -0.39 is 0 Å². The summed E-state index contributed by atoms with van der Waals surface area (Å²) in [7, 11) is 0. The van der Waals surface area contributed by atoms with Gasteiger partial charge in [0.1, 0.15) is 5.54 Å². The molecule has 1 rings (SSSR count). The quantitative estimate of drug-likeness (QED) is 0.456. The van der Waals surface area contributed by atoms with Gasteiger partial charge in [-0.05, 0) is 12.1 Å². The molecule has 1 unspecified atom stereocenters. The summed E-state index contributed by atoms with van der Waals surface area (Å²) in [6.07, 6.45) is 3.35. The maximum atomic E-state index is 3.77. The van der Waals surface area contributed by atoms with Gasteiger partial charge in [-0.25, -0.2) is 0 Å². The summed E-state index contributed by atoms with van der Waals surface area (Å²) in [4.78, 5) is 0. The second kappa shape index (κ2) is 1.51. The van der Waals surface area contributed by atoms with Crippen LogP contribution in [-0.2, 0) is 0 Å². The van der Waals surface area contributed by atoms with Crippen molar-refractivity contribution in [3.05, 3.63) is 12.7 Å². The van der Waals surface area contributed by atoms with Gasteiger partial charge in [-0.2, -0.15) is 5.11 Å². The Morgan fingerprint density at radius 3 is 2.75 bits per heavy atom. The van der Waals surface area contributed by atoms with Gasteiger partial charge in [-0.1, -0.05) is 6.08 Å². The first-order valence-corrected chi connectivity index (χ1v) is 2.37. The second-order valence-electron chi connectivity index (χ2n) is 1.86. The molecule has 0 radical (unpaired) electrons. The molecule has 1 aliphatic heterocycles. The highest BCUT2D eigenvalue weighted by atomic mass is 15.4. The van der Waals surface area contributed by atoms with E-state index in [0.717, 1.165) is 0 Å². The minimum Gasteiger partial charge on any atom is -0.152 e. The maximum absolute atomic E-state index is 3.77. The van der Waals surface area contributed by atoms with Crippen molar-refractivity contribution in [2.75, 3.05) is 0 Å². The van der Waals surface area contributed by atoms with Gasteiger partial charge in [0.05, 0.1) is 6.21 Å². The van der Waals surface area contributed by atoms with Gasteiger partial charge in [0.2, 0.25) is 0 Å². The zero-order chi connectivity index (χ0) is 6.04. The SMILES string of the molecule is C=CC1(C)C=NN=N1. The normalized spacial score (nSPS) is 33.6. The van der Waals surface area contributed by atoms with E-state index in [1.165, 1.54) is 0 Å². The summed E-state index contributed by atoms with van der Waals surface area (Å²) in [5.74, 6) is 0. The first-order chi connectivity index (χ1) is 3.77. The van der Waals surface area contributed by atoms with Gasteiger partial charge < -0.3 is 0 Å². The highest BCUT2D eigenvalue weighted by molar-refractivity contribution is 5.73. The Hall–Kier alpha value is -0.990. The standard InChI is InChI=1S/C5H7N3/c1-3-5(2)4-6-8-7-5/h3-4H,1H2,2H3. The fraction of sp³-hybridized carbons (Fsp3) is 0.400. The van der Waals surface area contributed by atoms with Crippen molar-refractivity contribution in [2.24, 2.45) is 15.4 Å². The Bertz CT molecular complexity index is 145. The molecule has 0 saturated heterocycles. The van der Waals surface area contributed by atoms with Gasteiger partial charge in [0, 0.05) is 0 Å². The molecule has 3 heteroatoms. The van der Waals surface area contributed by atoms with Crippen LogP contribution in [-0.4, -0.2) is 11.8 Å². The van der Waals surface area contributed by atoms with Crippen molar-refractivity contribution < 1.29 is 0 Å². The largest absolute Gasteiger partial charge is 0.152 e. The van der Waals surface area contributed by atoms with E-state index in [2.05, 4.69) is 22.0 Å². The van der Waals surface area contributed by atoms with E-state index in [1.807, 2.05) is 6.92 Å². The number of hydrogen-bond donors (Lipinski definition) is 0. The predicted molar refractivity (Wildman–Crippen MR) is 31.9 cm³/mol. The van der Waals surface area contributed by atoms with Crippen molar-refractivity contribution in [3.8, 4) is 0 Å². The lowest BCUT2D eigenvalue weighted by molar-refractivity contribution is 0.768. The van der Waals surface area contributed by atoms with Crippen LogP contribution < -0.4 is 0 Å². The molecule has 1 atom stereocenters. The molecule has 0 amide bonds. The Balaban J connectivity index is 2.83. The molecule has 0 fully saturated rings. The van der Waals surface area contributed by atoms with Crippen LogP contribution in [0.2, 0.25) is 0 Å². The van der Waals surface area contributed by atoms with Crippen molar-refractivity contribution in [3.63, 3.8) is 0 Å². The van der Waals surface area contributed by atoms with Gasteiger partial charge in [-0.15, -0.1) is 11.7 Å². The molecule has 0 aromatic rings. The zero-order valence-corrected chi connectivity index (χ0v) is 4.70. The Kier molecular flexibility index (Phi) is 0.970. The lowest BCUT2D eigenvalue weighted by atomic mass is 10.1. The molecule has 0 saturated carbocycles. The summed E-state index contributed by atoms with van der Waals surface area (Å²) in [6, 6.07) is 0. The Labute approximate surface area is 47.8 Å². The van der Waals surface area contributed by atoms with Crippen LogP contribution in [0.3, 0.4) is 0 Å². The van der Waals surface area contributed by atoms with Crippen LogP contribution in [0.1, 0.15) is 6.92 Å². The van der Waals surface area contributed by atoms with Crippen molar-refractivity contribution >= 4 is 6.21 Å². The van der Waals surface area contributed by atoms with E-state index >= 15 is 0 Å². The van der Waals surface area contributed by atoms with Crippen molar-refractivity contribution in [2.45, 2.75) is 12.5 Å². The van der Waals surface area contributed by atoms with E-state index in [9.17, 15) is 0 Å². The molecule has 0 aromatic heterocycles. The summed E-state index contributed by atoms with van der Waals surface area (Å²) < 4.78 is 0. The van der Waals surface area contributed by atoms with Gasteiger partial charge in [0.15, 0.2) is 0 Å². The van der Waals surface area contributed by atoms with Gasteiger partial charge in [-0.3, -0.25) is 0 Å². The monoisotopic (exact) mass is 109 g/mol. The van der Waals surface area contributed by atoms with Gasteiger partial charge in [0.25, 0.3) is 0 Å². The third-order valence-corrected chi connectivity index (χ3v) is 1.04. The summed E-state index contributed by atoms with van der Waals surface area (Å²) in [5, 5.41) is 10.8. The molecule has 1 heterocycles. The van der Waals surface area contributed by atoms with Crippen LogP contribution >= 0.6 is 0 Å². The zero-order valence-electron chi connectivity index (χ0n) is 4.70. The molecule has 42 valence electrons. The third kappa shape index (κ3) is 0.665. The highest BCUT2D eigenvalue weighted by Crippen LogP contribution is 2.13. The highest BCUT2D eigenvalue weighted by Gasteiger charge is 2.18. The molecule has 0 aromatic carbocycles. The van der Waals surface area contributed by atoms with Crippen LogP contribution in [0.4, 0.5) is 0 Å². The predicted octanol–water partition coefficient (Wildman–Crippen LogP) is 1.38. The maximum Gasteiger partial charge on any atom is 0.135 e. The summed E-state index contributed by atoms with van der Waals surface area (Å²) in [6.45, 7) is 5.46. The first kappa shape index (κ1) is 5.15. The van der Waals surface area contributed by atoms with E-state index in [1.54, 1.807) is 12.3 Å². The molecule has 0 aliphatic carbocycles. The van der Waals surface area contributed by atoms with Crippen LogP contribution in [0.25, 0.3) is 0 Å². The van der Waals surface area contributed by atoms with Crippen molar-refractivity contribution in [1.82, 2.24) is 0 Å². The van der Waals surface area contributed by atoms with Crippen LogP contribution in [0, 0.1) is 0 Å². The van der Waals surface area contributed by atoms with E-state index in [-0.39, 0.29) is 5.54 Å². The number of nitrogens with zero attached hydrogens (tertiary/aromatic N) is 3. The lowest BCUT2D eigenvalue weighted by Gasteiger charge is -2.04. The summed E-state index contributed by atoms with van der Waals surface area (Å²) >= 11 is 0. The first-order valence-electron chi connectivity index (χ1n) is 2.37. The average molecular weight is 109 g/mol. The Morgan fingerprint density at radius 2 is 2.50 bits per heavy atom. The second-order valence-corrected chi connectivity index (χ2v) is 1.86. The van der Waals surface area contributed by atoms with Crippen LogP contribution in [0.15, 0.2) is 28.1 Å². The van der Waals surface area contributed by atoms with Crippen molar-refractivity contribution in [1.29, 1.82) is 0 Å². The fourth-order valence-electron chi connectivity index (χ4n) is 0.384. The van der Waals surface area contributed by atoms with Gasteiger partial charge >= 0.3 is 0 Å². The minimum atomic E-state index is -0.333. The third-order valence-electron chi connectivity index (χ3n) is 1.04. The Morgan fingerprint density at radius 1 is 1.75 bits per heavy atom. The van der Waals surface area contributed by atoms with E-state index in [4.69, 9.17) is 0 Å². The number of rotatable bonds is 1. The summed E-state index contributed by atoms with van der Waals surface area (Å²) in [5.41, 5.74) is -0.333. The smallest absolute Gasteiger partial charge is 0.135 e. The molecule has 0 bridgehead atoms. The average Bonchev–Trinajstić information content (AvgIpc) is 2.17. The molecule has 3 nitrogen and oxygen atoms in total. The van der Waals surface area contributed by atoms with Crippen LogP contribution in [0.5, 0.6) is 0 Å². The molecule has 1 aliphatic rings. The molecule has 0 N–H and O–H groups in total. The minimum absolute atomic E-state index is 0.333. The molecular formula is C5H7N3. The molecule has 0 spiro atoms. The molecule has 8 heavy (non-hydrogen) atoms. The fourth-order valence-corrected chi connectivity index (χ4v) is 0.384. The molecular weight excluding hydrogens is 102 g/mol. The lowest BCUT2D eigenvalue weighted by Crippen LogP contribution is -2.15.